The van der Waals surface area contributed by atoms with Crippen LogP contribution in [0.4, 0.5) is 10.5 Å². The highest BCUT2D eigenvalue weighted by molar-refractivity contribution is 6.33. The van der Waals surface area contributed by atoms with Crippen LogP contribution < -0.4 is 10.6 Å². The van der Waals surface area contributed by atoms with Gasteiger partial charge in [-0.15, -0.1) is 0 Å². The molecule has 0 aliphatic carbocycles. The number of anilines is 1. The number of nitrogens with zero attached hydrogens (tertiary/aromatic N) is 3. The van der Waals surface area contributed by atoms with Gasteiger partial charge in [0, 0.05) is 13.1 Å². The van der Waals surface area contributed by atoms with Crippen LogP contribution >= 0.6 is 11.6 Å². The first-order chi connectivity index (χ1) is 10.9. The number of carbonyl (C=O) groups is 1. The van der Waals surface area contributed by atoms with Gasteiger partial charge in [-0.05, 0) is 32.9 Å². The second kappa shape index (κ2) is 7.32. The van der Waals surface area contributed by atoms with E-state index in [4.69, 9.17) is 16.3 Å². The Kier molecular flexibility index (Phi) is 5.44. The summed E-state index contributed by atoms with van der Waals surface area (Å²) < 4.78 is 6.76. The van der Waals surface area contributed by atoms with Gasteiger partial charge in [0.1, 0.15) is 23.9 Å². The number of rotatable bonds is 5. The Balaban J connectivity index is 1.92. The highest BCUT2D eigenvalue weighted by atomic mass is 35.5. The van der Waals surface area contributed by atoms with E-state index < -0.39 is 11.7 Å². The fraction of sp³-hybridized carbons (Fsp3) is 0.400. The van der Waals surface area contributed by atoms with Crippen LogP contribution in [0.2, 0.25) is 5.02 Å². The topological polar surface area (TPSA) is 81.1 Å². The van der Waals surface area contributed by atoms with Crippen molar-refractivity contribution in [2.24, 2.45) is 0 Å². The number of ether oxygens (including phenoxy) is 1. The summed E-state index contributed by atoms with van der Waals surface area (Å²) in [5.41, 5.74) is 1.00. The van der Waals surface area contributed by atoms with Crippen molar-refractivity contribution in [1.82, 2.24) is 20.1 Å². The minimum absolute atomic E-state index is 0.415. The standard InChI is InChI=1S/C15H20ClN5O2/c1-15(2,3)23-14(22)19-8-7-18-12-6-4-5-11(16)13(12)21-10-17-9-20-21/h4-6,9-10,18H,7-8H2,1-3H3,(H,19,22). The normalized spacial score (nSPS) is 11.1. The predicted octanol–water partition coefficient (Wildman–Crippen LogP) is 2.86. The van der Waals surface area contributed by atoms with Gasteiger partial charge in [0.05, 0.1) is 10.7 Å². The second-order valence-corrected chi connectivity index (χ2v) is 6.24. The van der Waals surface area contributed by atoms with E-state index in [1.807, 2.05) is 32.9 Å². The number of halogens is 1. The second-order valence-electron chi connectivity index (χ2n) is 5.83. The van der Waals surface area contributed by atoms with Crippen LogP contribution in [0.1, 0.15) is 20.8 Å². The van der Waals surface area contributed by atoms with Gasteiger partial charge in [-0.1, -0.05) is 17.7 Å². The molecule has 2 rings (SSSR count). The summed E-state index contributed by atoms with van der Waals surface area (Å²) in [5.74, 6) is 0. The molecule has 0 unspecified atom stereocenters. The molecule has 2 N–H and O–H groups in total. The number of carbonyl (C=O) groups excluding carboxylic acids is 1. The maximum atomic E-state index is 11.6. The SMILES string of the molecule is CC(C)(C)OC(=O)NCCNc1cccc(Cl)c1-n1cncn1. The molecule has 0 fully saturated rings. The third-order valence-electron chi connectivity index (χ3n) is 2.74. The molecule has 0 bridgehead atoms. The molecular formula is C15H20ClN5O2. The van der Waals surface area contributed by atoms with Crippen molar-refractivity contribution in [2.45, 2.75) is 26.4 Å². The van der Waals surface area contributed by atoms with Crippen molar-refractivity contribution < 1.29 is 9.53 Å². The molecule has 1 aromatic heterocycles. The molecule has 7 nitrogen and oxygen atoms in total. The molecule has 1 amide bonds. The summed E-state index contributed by atoms with van der Waals surface area (Å²) in [6.45, 7) is 6.39. The van der Waals surface area contributed by atoms with Crippen LogP contribution in [0.3, 0.4) is 0 Å². The Morgan fingerprint density at radius 3 is 2.78 bits per heavy atom. The minimum Gasteiger partial charge on any atom is -0.444 e. The van der Waals surface area contributed by atoms with Crippen LogP contribution in [-0.2, 0) is 4.74 Å². The van der Waals surface area contributed by atoms with E-state index >= 15 is 0 Å². The van der Waals surface area contributed by atoms with Crippen LogP contribution in [0.5, 0.6) is 0 Å². The largest absolute Gasteiger partial charge is 0.444 e. The van der Waals surface area contributed by atoms with Crippen LogP contribution in [0, 0.1) is 0 Å². The number of alkyl carbamates (subject to hydrolysis) is 1. The van der Waals surface area contributed by atoms with Gasteiger partial charge in [0.2, 0.25) is 0 Å². The molecule has 2 aromatic rings. The molecule has 8 heteroatoms. The molecule has 0 aliphatic rings. The van der Waals surface area contributed by atoms with E-state index in [0.717, 1.165) is 5.69 Å². The Labute approximate surface area is 140 Å². The lowest BCUT2D eigenvalue weighted by Gasteiger charge is -2.20. The average Bonchev–Trinajstić information content (AvgIpc) is 2.95. The number of benzene rings is 1. The Morgan fingerprint density at radius 2 is 2.13 bits per heavy atom. The Morgan fingerprint density at radius 1 is 1.35 bits per heavy atom. The molecule has 1 heterocycles. The van der Waals surface area contributed by atoms with Gasteiger partial charge in [-0.2, -0.15) is 5.10 Å². The molecule has 124 valence electrons. The van der Waals surface area contributed by atoms with E-state index in [2.05, 4.69) is 20.7 Å². The molecule has 0 atom stereocenters. The summed E-state index contributed by atoms with van der Waals surface area (Å²) >= 11 is 6.24. The lowest BCUT2D eigenvalue weighted by molar-refractivity contribution is 0.0530. The predicted molar refractivity (Wildman–Crippen MR) is 89.1 cm³/mol. The number of amides is 1. The quantitative estimate of drug-likeness (QED) is 0.820. The summed E-state index contributed by atoms with van der Waals surface area (Å²) in [6.07, 6.45) is 2.57. The van der Waals surface area contributed by atoms with Gasteiger partial charge in [-0.25, -0.2) is 14.5 Å². The zero-order valence-electron chi connectivity index (χ0n) is 13.3. The first kappa shape index (κ1) is 17.1. The average molecular weight is 338 g/mol. The fourth-order valence-corrected chi connectivity index (χ4v) is 2.15. The summed E-state index contributed by atoms with van der Waals surface area (Å²) in [6, 6.07) is 5.51. The van der Waals surface area contributed by atoms with Gasteiger partial charge < -0.3 is 15.4 Å². The van der Waals surface area contributed by atoms with E-state index in [9.17, 15) is 4.79 Å². The Bertz CT molecular complexity index is 652. The maximum Gasteiger partial charge on any atom is 0.407 e. The van der Waals surface area contributed by atoms with Crippen molar-refractivity contribution >= 4 is 23.4 Å². The number of hydrogen-bond donors (Lipinski definition) is 2. The lowest BCUT2D eigenvalue weighted by atomic mass is 10.2. The molecule has 0 saturated heterocycles. The number of aromatic nitrogens is 3. The van der Waals surface area contributed by atoms with Gasteiger partial charge in [0.25, 0.3) is 0 Å². The van der Waals surface area contributed by atoms with Gasteiger partial charge >= 0.3 is 6.09 Å². The molecule has 0 spiro atoms. The Hall–Kier alpha value is -2.28. The maximum absolute atomic E-state index is 11.6. The zero-order valence-corrected chi connectivity index (χ0v) is 14.1. The first-order valence-electron chi connectivity index (χ1n) is 7.21. The molecular weight excluding hydrogens is 318 g/mol. The van der Waals surface area contributed by atoms with E-state index in [0.29, 0.717) is 23.8 Å². The van der Waals surface area contributed by atoms with Crippen molar-refractivity contribution in [2.75, 3.05) is 18.4 Å². The zero-order chi connectivity index (χ0) is 16.9. The highest BCUT2D eigenvalue weighted by Gasteiger charge is 2.15. The minimum atomic E-state index is -0.509. The monoisotopic (exact) mass is 337 g/mol. The number of para-hydroxylation sites is 1. The summed E-state index contributed by atoms with van der Waals surface area (Å²) in [5, 5.41) is 10.6. The molecule has 1 aromatic carbocycles. The number of hydrogen-bond acceptors (Lipinski definition) is 5. The third-order valence-corrected chi connectivity index (χ3v) is 3.05. The molecule has 23 heavy (non-hydrogen) atoms. The first-order valence-corrected chi connectivity index (χ1v) is 7.59. The fourth-order valence-electron chi connectivity index (χ4n) is 1.89. The molecule has 0 radical (unpaired) electrons. The van der Waals surface area contributed by atoms with Crippen LogP contribution in [0.15, 0.2) is 30.9 Å². The van der Waals surface area contributed by atoms with Crippen molar-refractivity contribution in [3.63, 3.8) is 0 Å². The van der Waals surface area contributed by atoms with Crippen LogP contribution in [0.25, 0.3) is 5.69 Å². The van der Waals surface area contributed by atoms with Gasteiger partial charge in [0.15, 0.2) is 0 Å². The van der Waals surface area contributed by atoms with Crippen molar-refractivity contribution in [1.29, 1.82) is 0 Å². The molecule has 0 aliphatic heterocycles. The lowest BCUT2D eigenvalue weighted by Crippen LogP contribution is -2.35. The van der Waals surface area contributed by atoms with Crippen LogP contribution in [-0.4, -0.2) is 39.5 Å². The highest BCUT2D eigenvalue weighted by Crippen LogP contribution is 2.27. The van der Waals surface area contributed by atoms with Gasteiger partial charge in [-0.3, -0.25) is 0 Å². The van der Waals surface area contributed by atoms with E-state index in [-0.39, 0.29) is 0 Å². The van der Waals surface area contributed by atoms with E-state index in [1.165, 1.54) is 6.33 Å². The van der Waals surface area contributed by atoms with E-state index in [1.54, 1.807) is 17.1 Å². The van der Waals surface area contributed by atoms with Crippen molar-refractivity contribution in [3.05, 3.63) is 35.9 Å². The molecule has 0 saturated carbocycles. The summed E-state index contributed by atoms with van der Waals surface area (Å²) in [7, 11) is 0. The smallest absolute Gasteiger partial charge is 0.407 e. The van der Waals surface area contributed by atoms with Crippen molar-refractivity contribution in [3.8, 4) is 5.69 Å². The number of nitrogens with one attached hydrogen (secondary N) is 2. The summed E-state index contributed by atoms with van der Waals surface area (Å²) in [4.78, 5) is 15.5. The third kappa shape index (κ3) is 5.14.